The van der Waals surface area contributed by atoms with Gasteiger partial charge in [0.2, 0.25) is 0 Å². The molecule has 8 nitrogen and oxygen atoms in total. The molecule has 1 aromatic carbocycles. The summed E-state index contributed by atoms with van der Waals surface area (Å²) in [5.41, 5.74) is 6.34. The van der Waals surface area contributed by atoms with Crippen molar-refractivity contribution >= 4 is 5.91 Å². The van der Waals surface area contributed by atoms with Crippen LogP contribution >= 0.6 is 0 Å². The molecule has 1 saturated carbocycles. The van der Waals surface area contributed by atoms with E-state index in [1.807, 2.05) is 39.8 Å². The highest BCUT2D eigenvalue weighted by molar-refractivity contribution is 6.02. The second-order valence-corrected chi connectivity index (χ2v) is 12.1. The summed E-state index contributed by atoms with van der Waals surface area (Å²) in [4.78, 5) is 33.8. The fourth-order valence-electron chi connectivity index (χ4n) is 6.99. The monoisotopic (exact) mass is 545 g/mol. The number of fused-ring (bicyclic) bond motifs is 2. The van der Waals surface area contributed by atoms with Gasteiger partial charge in [0.25, 0.3) is 17.3 Å². The molecule has 1 N–H and O–H groups in total. The minimum atomic E-state index is -0.804. The summed E-state index contributed by atoms with van der Waals surface area (Å²) in [7, 11) is 4.29. The number of carbonyl (C=O) groups excluding carboxylic acids is 1. The molecular formula is C32H39N3O5. The SMILES string of the molecule is Cc1cc(C)c(CN2CCc3c(c(C)c4c(c3-c3ccoc3)O[C@](C)(C3CCC(N(C)C)CC3)O4)C2=O)c(=O)[nH]1. The van der Waals surface area contributed by atoms with Crippen molar-refractivity contribution in [3.05, 3.63) is 68.5 Å². The first kappa shape index (κ1) is 26.7. The van der Waals surface area contributed by atoms with Crippen molar-refractivity contribution in [2.45, 2.75) is 78.2 Å². The Labute approximate surface area is 235 Å². The number of rotatable bonds is 5. The zero-order valence-corrected chi connectivity index (χ0v) is 24.3. The van der Waals surface area contributed by atoms with Crippen LogP contribution in [0.3, 0.4) is 0 Å². The van der Waals surface area contributed by atoms with Gasteiger partial charge in [-0.05, 0) is 90.2 Å². The molecule has 0 bridgehead atoms. The van der Waals surface area contributed by atoms with Gasteiger partial charge in [0.15, 0.2) is 11.5 Å². The normalized spacial score (nSPS) is 24.1. The summed E-state index contributed by atoms with van der Waals surface area (Å²) in [6, 6.07) is 4.44. The van der Waals surface area contributed by atoms with Crippen LogP contribution in [0.2, 0.25) is 0 Å². The van der Waals surface area contributed by atoms with Crippen LogP contribution in [0.15, 0.2) is 33.9 Å². The molecule has 3 aromatic rings. The second kappa shape index (κ2) is 9.84. The molecular weight excluding hydrogens is 506 g/mol. The Morgan fingerprint density at radius 1 is 1.05 bits per heavy atom. The summed E-state index contributed by atoms with van der Waals surface area (Å²) < 4.78 is 19.0. The van der Waals surface area contributed by atoms with Crippen LogP contribution in [0, 0.1) is 26.7 Å². The smallest absolute Gasteiger partial charge is 0.254 e. The van der Waals surface area contributed by atoms with Crippen molar-refractivity contribution < 1.29 is 18.7 Å². The molecule has 1 fully saturated rings. The maximum atomic E-state index is 14.1. The lowest BCUT2D eigenvalue weighted by molar-refractivity contribution is -0.123. The standard InChI is InChI=1S/C32H39N3O5/c1-18-15-19(2)33-30(36)25(18)16-35-13-11-24-26(31(35)37)20(3)28-29(27(24)21-12-14-38-17-21)40-32(4,39-28)22-7-9-23(10-8-22)34(5)6/h12,14-15,17,22-23H,7-11,13,16H2,1-6H3,(H,33,36)/t22?,23?,32-/m1/s1. The van der Waals surface area contributed by atoms with Gasteiger partial charge in [-0.3, -0.25) is 9.59 Å². The minimum Gasteiger partial charge on any atom is -0.472 e. The van der Waals surface area contributed by atoms with Gasteiger partial charge >= 0.3 is 0 Å². The number of carbonyl (C=O) groups is 1. The zero-order chi connectivity index (χ0) is 28.3. The lowest BCUT2D eigenvalue weighted by atomic mass is 9.81. The number of aromatic amines is 1. The first-order valence-electron chi connectivity index (χ1n) is 14.3. The molecule has 2 aromatic heterocycles. The Balaban J connectivity index is 1.38. The van der Waals surface area contributed by atoms with Gasteiger partial charge in [-0.1, -0.05) is 0 Å². The quantitative estimate of drug-likeness (QED) is 0.464. The summed E-state index contributed by atoms with van der Waals surface area (Å²) in [6.07, 6.45) is 8.24. The lowest BCUT2D eigenvalue weighted by Crippen LogP contribution is -2.46. The van der Waals surface area contributed by atoms with Gasteiger partial charge in [0, 0.05) is 53.4 Å². The van der Waals surface area contributed by atoms with Gasteiger partial charge in [-0.25, -0.2) is 0 Å². The first-order chi connectivity index (χ1) is 19.1. The van der Waals surface area contributed by atoms with Crippen LogP contribution in [-0.4, -0.2) is 53.2 Å². The number of amides is 1. The van der Waals surface area contributed by atoms with Crippen molar-refractivity contribution in [1.29, 1.82) is 0 Å². The molecule has 2 aliphatic heterocycles. The van der Waals surface area contributed by atoms with Crippen molar-refractivity contribution in [2.75, 3.05) is 20.6 Å². The fraction of sp³-hybridized carbons (Fsp3) is 0.500. The predicted molar refractivity (Wildman–Crippen MR) is 153 cm³/mol. The molecule has 0 radical (unpaired) electrons. The number of benzene rings is 1. The number of pyridine rings is 1. The van der Waals surface area contributed by atoms with Crippen molar-refractivity contribution in [2.24, 2.45) is 5.92 Å². The molecule has 0 spiro atoms. The first-order valence-corrected chi connectivity index (χ1v) is 14.3. The molecule has 1 amide bonds. The van der Waals surface area contributed by atoms with E-state index in [1.54, 1.807) is 17.4 Å². The lowest BCUT2D eigenvalue weighted by Gasteiger charge is -2.39. The number of aromatic nitrogens is 1. The maximum Gasteiger partial charge on any atom is 0.254 e. The Hall–Kier alpha value is -3.52. The van der Waals surface area contributed by atoms with Crippen molar-refractivity contribution in [3.8, 4) is 22.6 Å². The molecule has 1 atom stereocenters. The molecule has 0 unspecified atom stereocenters. The molecule has 6 rings (SSSR count). The number of nitrogens with one attached hydrogen (secondary N) is 1. The average molecular weight is 546 g/mol. The van der Waals surface area contributed by atoms with E-state index in [2.05, 4.69) is 24.0 Å². The van der Waals surface area contributed by atoms with E-state index in [9.17, 15) is 9.59 Å². The van der Waals surface area contributed by atoms with E-state index in [-0.39, 0.29) is 23.9 Å². The van der Waals surface area contributed by atoms with E-state index in [0.29, 0.717) is 41.6 Å². The highest BCUT2D eigenvalue weighted by Gasteiger charge is 2.49. The summed E-state index contributed by atoms with van der Waals surface area (Å²) >= 11 is 0. The van der Waals surface area contributed by atoms with Crippen molar-refractivity contribution in [3.63, 3.8) is 0 Å². The van der Waals surface area contributed by atoms with Crippen LogP contribution in [0.25, 0.3) is 11.1 Å². The summed E-state index contributed by atoms with van der Waals surface area (Å²) in [5.74, 6) is 0.707. The van der Waals surface area contributed by atoms with Gasteiger partial charge in [0.1, 0.15) is 0 Å². The average Bonchev–Trinajstić information content (AvgIpc) is 3.56. The topological polar surface area (TPSA) is 88.0 Å². The number of nitrogens with zero attached hydrogens (tertiary/aromatic N) is 2. The number of furan rings is 1. The number of hydrogen-bond acceptors (Lipinski definition) is 6. The molecule has 8 heteroatoms. The van der Waals surface area contributed by atoms with Crippen LogP contribution in [0.1, 0.15) is 70.9 Å². The molecule has 4 heterocycles. The molecule has 0 saturated heterocycles. The third-order valence-electron chi connectivity index (χ3n) is 9.32. The highest BCUT2D eigenvalue weighted by Crippen LogP contribution is 2.55. The Kier molecular flexibility index (Phi) is 6.56. The largest absolute Gasteiger partial charge is 0.472 e. The summed E-state index contributed by atoms with van der Waals surface area (Å²) in [5, 5.41) is 0. The Morgan fingerprint density at radius 3 is 2.42 bits per heavy atom. The molecule has 40 heavy (non-hydrogen) atoms. The van der Waals surface area contributed by atoms with Crippen LogP contribution in [0.4, 0.5) is 0 Å². The molecule has 1 aliphatic carbocycles. The molecule has 3 aliphatic rings. The third-order valence-corrected chi connectivity index (χ3v) is 9.32. The van der Waals surface area contributed by atoms with E-state index < -0.39 is 5.79 Å². The van der Waals surface area contributed by atoms with E-state index in [4.69, 9.17) is 13.9 Å². The Morgan fingerprint density at radius 2 is 1.77 bits per heavy atom. The third kappa shape index (κ3) is 4.33. The van der Waals surface area contributed by atoms with Crippen LogP contribution < -0.4 is 15.0 Å². The minimum absolute atomic E-state index is 0.0886. The van der Waals surface area contributed by atoms with Crippen LogP contribution in [-0.2, 0) is 13.0 Å². The maximum absolute atomic E-state index is 14.1. The zero-order valence-electron chi connectivity index (χ0n) is 24.3. The van der Waals surface area contributed by atoms with Crippen LogP contribution in [0.5, 0.6) is 11.5 Å². The van der Waals surface area contributed by atoms with Crippen molar-refractivity contribution in [1.82, 2.24) is 14.8 Å². The van der Waals surface area contributed by atoms with Gasteiger partial charge in [0.05, 0.1) is 24.6 Å². The summed E-state index contributed by atoms with van der Waals surface area (Å²) in [6.45, 7) is 8.57. The number of H-pyrrole nitrogens is 1. The predicted octanol–water partition coefficient (Wildman–Crippen LogP) is 5.37. The van der Waals surface area contributed by atoms with E-state index in [0.717, 1.165) is 59.2 Å². The van der Waals surface area contributed by atoms with Gasteiger partial charge < -0.3 is 28.7 Å². The number of hydrogen-bond donors (Lipinski definition) is 1. The highest BCUT2D eigenvalue weighted by atomic mass is 16.7. The second-order valence-electron chi connectivity index (χ2n) is 12.1. The van der Waals surface area contributed by atoms with Gasteiger partial charge in [-0.15, -0.1) is 0 Å². The Bertz CT molecular complexity index is 1510. The molecule has 212 valence electrons. The number of aryl methyl sites for hydroxylation is 2. The van der Waals surface area contributed by atoms with Gasteiger partial charge in [-0.2, -0.15) is 0 Å². The van der Waals surface area contributed by atoms with E-state index >= 15 is 0 Å². The number of ether oxygens (including phenoxy) is 2. The van der Waals surface area contributed by atoms with E-state index in [1.165, 1.54) is 0 Å². The fourth-order valence-corrected chi connectivity index (χ4v) is 6.99.